The van der Waals surface area contributed by atoms with Gasteiger partial charge in [0.25, 0.3) is 0 Å². The van der Waals surface area contributed by atoms with Crippen LogP contribution in [0.3, 0.4) is 0 Å². The third-order valence-electron chi connectivity index (χ3n) is 4.73. The summed E-state index contributed by atoms with van der Waals surface area (Å²) >= 11 is 2.14. The molecule has 0 spiro atoms. The summed E-state index contributed by atoms with van der Waals surface area (Å²) in [6.07, 6.45) is 2.37. The highest BCUT2D eigenvalue weighted by Crippen LogP contribution is 2.28. The molecule has 0 radical (unpaired) electrons. The summed E-state index contributed by atoms with van der Waals surface area (Å²) in [4.78, 5) is 4.96. The summed E-state index contributed by atoms with van der Waals surface area (Å²) in [6, 6.07) is 4.48. The van der Waals surface area contributed by atoms with E-state index in [-0.39, 0.29) is 6.61 Å². The summed E-state index contributed by atoms with van der Waals surface area (Å²) < 4.78 is 0.811. The number of halogens is 1. The van der Waals surface area contributed by atoms with Crippen LogP contribution < -0.4 is 0 Å². The number of piperidine rings is 1. The molecule has 1 aromatic carbocycles. The molecule has 4 nitrogen and oxygen atoms in total. The largest absolute Gasteiger partial charge is 0.507 e. The number of rotatable bonds is 5. The van der Waals surface area contributed by atoms with Crippen molar-refractivity contribution < 1.29 is 10.2 Å². The molecule has 1 saturated heterocycles. The van der Waals surface area contributed by atoms with Crippen molar-refractivity contribution in [3.8, 4) is 17.6 Å². The summed E-state index contributed by atoms with van der Waals surface area (Å²) in [5.74, 6) is 5.97. The molecule has 0 bridgehead atoms. The van der Waals surface area contributed by atoms with Gasteiger partial charge in [-0.05, 0) is 73.7 Å². The minimum Gasteiger partial charge on any atom is -0.507 e. The Morgan fingerprint density at radius 1 is 1.25 bits per heavy atom. The molecular weight excluding hydrogens is 415 g/mol. The van der Waals surface area contributed by atoms with E-state index in [4.69, 9.17) is 5.11 Å². The van der Waals surface area contributed by atoms with Gasteiger partial charge in [0.05, 0.1) is 3.57 Å². The number of hydrogen-bond donors (Lipinski definition) is 2. The van der Waals surface area contributed by atoms with Crippen LogP contribution in [0.25, 0.3) is 0 Å². The first-order valence-electron chi connectivity index (χ1n) is 8.66. The maximum atomic E-state index is 10.4. The summed E-state index contributed by atoms with van der Waals surface area (Å²) in [7, 11) is 0. The summed E-state index contributed by atoms with van der Waals surface area (Å²) in [5.41, 5.74) is 1.77. The van der Waals surface area contributed by atoms with E-state index < -0.39 is 0 Å². The fraction of sp³-hybridized carbons (Fsp3) is 0.579. The van der Waals surface area contributed by atoms with Gasteiger partial charge < -0.3 is 15.1 Å². The third kappa shape index (κ3) is 5.09. The molecule has 2 N–H and O–H groups in total. The average Bonchev–Trinajstić information content (AvgIpc) is 2.59. The van der Waals surface area contributed by atoms with Gasteiger partial charge in [-0.1, -0.05) is 25.7 Å². The van der Waals surface area contributed by atoms with Crippen LogP contribution in [0.4, 0.5) is 0 Å². The Bertz CT molecular complexity index is 597. The minimum atomic E-state index is -0.147. The van der Waals surface area contributed by atoms with Crippen LogP contribution in [-0.4, -0.2) is 58.8 Å². The third-order valence-corrected chi connectivity index (χ3v) is 5.56. The maximum Gasteiger partial charge on any atom is 0.133 e. The average molecular weight is 442 g/mol. The number of aliphatic hydroxyl groups is 1. The van der Waals surface area contributed by atoms with Crippen LogP contribution in [0.5, 0.6) is 5.75 Å². The Kier molecular flexibility index (Phi) is 7.82. The zero-order valence-corrected chi connectivity index (χ0v) is 16.7. The lowest BCUT2D eigenvalue weighted by molar-refractivity contribution is 0.112. The van der Waals surface area contributed by atoms with Gasteiger partial charge in [0.15, 0.2) is 0 Å². The van der Waals surface area contributed by atoms with E-state index in [1.54, 1.807) is 0 Å². The van der Waals surface area contributed by atoms with Crippen molar-refractivity contribution in [2.24, 2.45) is 0 Å². The van der Waals surface area contributed by atoms with Crippen LogP contribution in [0.15, 0.2) is 12.1 Å². The fourth-order valence-corrected chi connectivity index (χ4v) is 4.10. The number of likely N-dealkylation sites (tertiary alicyclic amines) is 1. The van der Waals surface area contributed by atoms with E-state index >= 15 is 0 Å². The normalized spacial score (nSPS) is 16.2. The van der Waals surface area contributed by atoms with Crippen LogP contribution in [-0.2, 0) is 6.54 Å². The highest BCUT2D eigenvalue weighted by atomic mass is 127. The molecule has 1 heterocycles. The Morgan fingerprint density at radius 3 is 2.50 bits per heavy atom. The topological polar surface area (TPSA) is 46.9 Å². The Hall–Kier alpha value is -0.810. The second kappa shape index (κ2) is 9.62. The predicted molar refractivity (Wildman–Crippen MR) is 106 cm³/mol. The van der Waals surface area contributed by atoms with Crippen LogP contribution >= 0.6 is 22.6 Å². The number of hydrogen-bond acceptors (Lipinski definition) is 4. The quantitative estimate of drug-likeness (QED) is 0.544. The number of phenolic OH excluding ortho intramolecular Hbond substituents is 1. The molecule has 5 heteroatoms. The zero-order chi connectivity index (χ0) is 17.5. The van der Waals surface area contributed by atoms with E-state index in [9.17, 15) is 5.11 Å². The first-order valence-corrected chi connectivity index (χ1v) is 9.74. The first kappa shape index (κ1) is 19.5. The van der Waals surface area contributed by atoms with Gasteiger partial charge in [-0.2, -0.15) is 0 Å². The van der Waals surface area contributed by atoms with Gasteiger partial charge in [0.1, 0.15) is 12.4 Å². The number of nitrogens with zero attached hydrogens (tertiary/aromatic N) is 2. The lowest BCUT2D eigenvalue weighted by atomic mass is 10.0. The minimum absolute atomic E-state index is 0.147. The molecule has 0 atom stereocenters. The van der Waals surface area contributed by atoms with Gasteiger partial charge >= 0.3 is 0 Å². The summed E-state index contributed by atoms with van der Waals surface area (Å²) in [6.45, 7) is 9.42. The molecule has 0 aliphatic carbocycles. The number of aromatic hydroxyl groups is 1. The van der Waals surface area contributed by atoms with Crippen molar-refractivity contribution in [2.45, 2.75) is 39.3 Å². The van der Waals surface area contributed by atoms with Crippen molar-refractivity contribution in [2.75, 3.05) is 32.8 Å². The smallest absolute Gasteiger partial charge is 0.133 e. The Labute approximate surface area is 159 Å². The molecule has 1 fully saturated rings. The fourth-order valence-electron chi connectivity index (χ4n) is 3.41. The molecule has 132 valence electrons. The second-order valence-corrected chi connectivity index (χ2v) is 7.32. The number of benzene rings is 1. The van der Waals surface area contributed by atoms with E-state index in [2.05, 4.69) is 58.1 Å². The van der Waals surface area contributed by atoms with Crippen molar-refractivity contribution in [1.29, 1.82) is 0 Å². The van der Waals surface area contributed by atoms with Crippen molar-refractivity contribution in [1.82, 2.24) is 9.80 Å². The lowest BCUT2D eigenvalue weighted by Gasteiger charge is -2.37. The van der Waals surface area contributed by atoms with Crippen LogP contribution in [0.1, 0.15) is 37.8 Å². The maximum absolute atomic E-state index is 10.4. The van der Waals surface area contributed by atoms with Gasteiger partial charge in [-0.3, -0.25) is 4.90 Å². The molecule has 1 aromatic rings. The highest BCUT2D eigenvalue weighted by molar-refractivity contribution is 14.1. The molecule has 0 amide bonds. The zero-order valence-electron chi connectivity index (χ0n) is 14.6. The molecule has 0 aromatic heterocycles. The van der Waals surface area contributed by atoms with Gasteiger partial charge in [0.2, 0.25) is 0 Å². The van der Waals surface area contributed by atoms with Crippen molar-refractivity contribution >= 4 is 22.6 Å². The molecule has 1 aliphatic rings. The van der Waals surface area contributed by atoms with E-state index in [1.165, 1.54) is 12.8 Å². The molecular formula is C19H27IN2O2. The number of aliphatic hydroxyl groups excluding tert-OH is 1. The standard InChI is InChI=1S/C19H27IN2O2/c1-3-22(4-2)17-7-9-21(10-8-17)14-16-12-15(6-5-11-23)13-18(20)19(16)24/h12-13,17,23-24H,3-4,7-11,14H2,1-2H3. The van der Waals surface area contributed by atoms with Crippen LogP contribution in [0.2, 0.25) is 0 Å². The van der Waals surface area contributed by atoms with Gasteiger partial charge in [0, 0.05) is 23.7 Å². The molecule has 24 heavy (non-hydrogen) atoms. The SMILES string of the molecule is CCN(CC)C1CCN(Cc2cc(C#CCO)cc(I)c2O)CC1. The molecule has 0 unspecified atom stereocenters. The van der Waals surface area contributed by atoms with E-state index in [1.807, 2.05) is 12.1 Å². The molecule has 2 rings (SSSR count). The molecule has 0 saturated carbocycles. The van der Waals surface area contributed by atoms with Crippen LogP contribution in [0, 0.1) is 15.4 Å². The van der Waals surface area contributed by atoms with Crippen molar-refractivity contribution in [3.05, 3.63) is 26.8 Å². The lowest BCUT2D eigenvalue weighted by Crippen LogP contribution is -2.44. The number of phenols is 1. The second-order valence-electron chi connectivity index (χ2n) is 6.15. The van der Waals surface area contributed by atoms with Gasteiger partial charge in [-0.25, -0.2) is 0 Å². The Balaban J connectivity index is 2.03. The molecule has 1 aliphatic heterocycles. The highest BCUT2D eigenvalue weighted by Gasteiger charge is 2.23. The first-order chi connectivity index (χ1) is 11.6. The van der Waals surface area contributed by atoms with E-state index in [0.717, 1.165) is 47.4 Å². The van der Waals surface area contributed by atoms with E-state index in [0.29, 0.717) is 11.8 Å². The Morgan fingerprint density at radius 2 is 1.92 bits per heavy atom. The van der Waals surface area contributed by atoms with Gasteiger partial charge in [-0.15, -0.1) is 0 Å². The van der Waals surface area contributed by atoms with Crippen molar-refractivity contribution in [3.63, 3.8) is 0 Å². The monoisotopic (exact) mass is 442 g/mol. The summed E-state index contributed by atoms with van der Waals surface area (Å²) in [5, 5.41) is 19.2. The predicted octanol–water partition coefficient (Wildman–Crippen LogP) is 2.65.